The molecule has 6 heteroatoms. The summed E-state index contributed by atoms with van der Waals surface area (Å²) in [6.07, 6.45) is 1.49. The van der Waals surface area contributed by atoms with E-state index in [1.807, 2.05) is 27.0 Å². The molecular weight excluding hydrogens is 262 g/mol. The van der Waals surface area contributed by atoms with Crippen LogP contribution in [-0.2, 0) is 7.05 Å². The molecule has 5 nitrogen and oxygen atoms in total. The Hall–Kier alpha value is -1.40. The van der Waals surface area contributed by atoms with Crippen LogP contribution >= 0.6 is 11.3 Å². The van der Waals surface area contributed by atoms with Gasteiger partial charge in [-0.2, -0.15) is 5.10 Å². The zero-order valence-corrected chi connectivity index (χ0v) is 12.3. The number of aryl methyl sites for hydroxylation is 2. The van der Waals surface area contributed by atoms with Crippen LogP contribution in [0.4, 0.5) is 0 Å². The summed E-state index contributed by atoms with van der Waals surface area (Å²) >= 11 is 1.46. The summed E-state index contributed by atoms with van der Waals surface area (Å²) in [5.41, 5.74) is 0.945. The third-order valence-corrected chi connectivity index (χ3v) is 4.29. The number of rotatable bonds is 5. The predicted molar refractivity (Wildman–Crippen MR) is 76.6 cm³/mol. The van der Waals surface area contributed by atoms with Crippen LogP contribution in [-0.4, -0.2) is 33.4 Å². The van der Waals surface area contributed by atoms with E-state index in [0.29, 0.717) is 11.3 Å². The number of thiophene rings is 1. The highest BCUT2D eigenvalue weighted by atomic mass is 32.1. The molecule has 2 rings (SSSR count). The largest absolute Gasteiger partial charge is 0.396 e. The number of nitrogens with one attached hydrogen (secondary N) is 1. The molecule has 0 aliphatic heterocycles. The lowest BCUT2D eigenvalue weighted by atomic mass is 10.2. The van der Waals surface area contributed by atoms with Crippen molar-refractivity contribution >= 4 is 27.5 Å². The molecule has 0 fully saturated rings. The number of aliphatic hydroxyl groups is 1. The fourth-order valence-electron chi connectivity index (χ4n) is 2.08. The summed E-state index contributed by atoms with van der Waals surface area (Å²) in [6.45, 7) is 4.06. The number of aliphatic hydroxyl groups excluding tert-OH is 1. The Morgan fingerprint density at radius 1 is 1.63 bits per heavy atom. The molecule has 0 bridgehead atoms. The quantitative estimate of drug-likeness (QED) is 0.878. The maximum Gasteiger partial charge on any atom is 0.261 e. The van der Waals surface area contributed by atoms with Crippen molar-refractivity contribution in [2.24, 2.45) is 7.05 Å². The van der Waals surface area contributed by atoms with Gasteiger partial charge in [-0.1, -0.05) is 0 Å². The number of carbonyl (C=O) groups excluding carboxylic acids is 1. The second-order valence-corrected chi connectivity index (χ2v) is 5.81. The fourth-order valence-corrected chi connectivity index (χ4v) is 3.11. The molecule has 2 aromatic heterocycles. The molecule has 0 aliphatic carbocycles. The van der Waals surface area contributed by atoms with E-state index in [-0.39, 0.29) is 18.6 Å². The first-order valence-electron chi connectivity index (χ1n) is 6.37. The lowest BCUT2D eigenvalue weighted by molar-refractivity contribution is 0.0940. The molecule has 19 heavy (non-hydrogen) atoms. The van der Waals surface area contributed by atoms with Gasteiger partial charge < -0.3 is 10.4 Å². The highest BCUT2D eigenvalue weighted by Crippen LogP contribution is 2.27. The van der Waals surface area contributed by atoms with Crippen LogP contribution in [0.15, 0.2) is 6.07 Å². The third-order valence-electron chi connectivity index (χ3n) is 3.09. The van der Waals surface area contributed by atoms with Crippen LogP contribution in [0.25, 0.3) is 10.2 Å². The molecule has 0 saturated carbocycles. The summed E-state index contributed by atoms with van der Waals surface area (Å²) in [6, 6.07) is 1.97. The summed E-state index contributed by atoms with van der Waals surface area (Å²) < 4.78 is 1.81. The van der Waals surface area contributed by atoms with Gasteiger partial charge in [-0.05, 0) is 32.8 Å². The fraction of sp³-hybridized carbons (Fsp3) is 0.538. The normalized spacial score (nSPS) is 12.8. The van der Waals surface area contributed by atoms with E-state index in [9.17, 15) is 4.79 Å². The molecular formula is C13H19N3O2S. The molecule has 0 aromatic carbocycles. The highest BCUT2D eigenvalue weighted by molar-refractivity contribution is 7.20. The van der Waals surface area contributed by atoms with E-state index in [0.717, 1.165) is 22.3 Å². The van der Waals surface area contributed by atoms with E-state index < -0.39 is 0 Å². The van der Waals surface area contributed by atoms with Crippen LogP contribution in [0, 0.1) is 6.92 Å². The average Bonchev–Trinajstić information content (AvgIpc) is 2.90. The third kappa shape index (κ3) is 2.96. The van der Waals surface area contributed by atoms with Gasteiger partial charge in [0.15, 0.2) is 0 Å². The Balaban J connectivity index is 2.11. The first-order chi connectivity index (χ1) is 9.02. The number of fused-ring (bicyclic) bond motifs is 1. The number of aromatic nitrogens is 2. The molecule has 2 N–H and O–H groups in total. The van der Waals surface area contributed by atoms with Crippen LogP contribution in [0.5, 0.6) is 0 Å². The van der Waals surface area contributed by atoms with Crippen LogP contribution in [0.1, 0.15) is 35.1 Å². The van der Waals surface area contributed by atoms with Gasteiger partial charge in [-0.3, -0.25) is 9.48 Å². The van der Waals surface area contributed by atoms with Gasteiger partial charge in [0.05, 0.1) is 10.6 Å². The summed E-state index contributed by atoms with van der Waals surface area (Å²) in [7, 11) is 1.89. The van der Waals surface area contributed by atoms with E-state index in [1.54, 1.807) is 4.68 Å². The molecule has 104 valence electrons. The van der Waals surface area contributed by atoms with Crippen molar-refractivity contribution in [2.45, 2.75) is 32.7 Å². The minimum Gasteiger partial charge on any atom is -0.396 e. The standard InChI is InChI=1S/C13H19N3O2S/c1-8(5-4-6-17)14-12(18)11-7-10-9(2)15-16(3)13(10)19-11/h7-8,17H,4-6H2,1-3H3,(H,14,18). The van der Waals surface area contributed by atoms with Crippen LogP contribution in [0.2, 0.25) is 0 Å². The second-order valence-electron chi connectivity index (χ2n) is 4.78. The molecule has 0 aliphatic rings. The van der Waals surface area contributed by atoms with E-state index in [4.69, 9.17) is 5.11 Å². The summed E-state index contributed by atoms with van der Waals surface area (Å²) in [5.74, 6) is -0.0500. The van der Waals surface area contributed by atoms with Crippen molar-refractivity contribution in [2.75, 3.05) is 6.61 Å². The van der Waals surface area contributed by atoms with Crippen LogP contribution in [0.3, 0.4) is 0 Å². The zero-order chi connectivity index (χ0) is 14.0. The maximum atomic E-state index is 12.1. The number of nitrogens with zero attached hydrogens (tertiary/aromatic N) is 2. The Kier molecular flexibility index (Phi) is 4.21. The lowest BCUT2D eigenvalue weighted by Crippen LogP contribution is -2.32. The molecule has 0 radical (unpaired) electrons. The Morgan fingerprint density at radius 3 is 3.00 bits per heavy atom. The molecule has 2 heterocycles. The SMILES string of the molecule is Cc1nn(C)c2sc(C(=O)NC(C)CCCO)cc12. The van der Waals surface area contributed by atoms with Gasteiger partial charge in [-0.25, -0.2) is 0 Å². The topological polar surface area (TPSA) is 67.2 Å². The van der Waals surface area contributed by atoms with E-state index in [1.165, 1.54) is 11.3 Å². The van der Waals surface area contributed by atoms with Crippen molar-refractivity contribution in [3.05, 3.63) is 16.6 Å². The molecule has 0 saturated heterocycles. The predicted octanol–water partition coefficient (Wildman–Crippen LogP) is 1.83. The van der Waals surface area contributed by atoms with E-state index in [2.05, 4.69) is 10.4 Å². The smallest absolute Gasteiger partial charge is 0.261 e. The molecule has 1 unspecified atom stereocenters. The van der Waals surface area contributed by atoms with Crippen LogP contribution < -0.4 is 5.32 Å². The minimum atomic E-state index is -0.0500. The maximum absolute atomic E-state index is 12.1. The number of carbonyl (C=O) groups is 1. The van der Waals surface area contributed by atoms with Gasteiger partial charge in [0.25, 0.3) is 5.91 Å². The lowest BCUT2D eigenvalue weighted by Gasteiger charge is -2.11. The van der Waals surface area contributed by atoms with Gasteiger partial charge in [0.1, 0.15) is 4.83 Å². The molecule has 0 spiro atoms. The van der Waals surface area contributed by atoms with Crippen molar-refractivity contribution in [3.8, 4) is 0 Å². The van der Waals surface area contributed by atoms with Crippen molar-refractivity contribution in [1.29, 1.82) is 0 Å². The first kappa shape index (κ1) is 14.0. The van der Waals surface area contributed by atoms with Gasteiger partial charge >= 0.3 is 0 Å². The molecule has 1 atom stereocenters. The Morgan fingerprint density at radius 2 is 2.37 bits per heavy atom. The highest BCUT2D eigenvalue weighted by Gasteiger charge is 2.16. The van der Waals surface area contributed by atoms with Gasteiger partial charge in [0, 0.05) is 25.1 Å². The van der Waals surface area contributed by atoms with Gasteiger partial charge in [-0.15, -0.1) is 11.3 Å². The first-order valence-corrected chi connectivity index (χ1v) is 7.19. The number of amides is 1. The van der Waals surface area contributed by atoms with Crippen molar-refractivity contribution < 1.29 is 9.90 Å². The van der Waals surface area contributed by atoms with Gasteiger partial charge in [0.2, 0.25) is 0 Å². The summed E-state index contributed by atoms with van der Waals surface area (Å²) in [5, 5.41) is 17.1. The average molecular weight is 281 g/mol. The van der Waals surface area contributed by atoms with Crippen molar-refractivity contribution in [3.63, 3.8) is 0 Å². The van der Waals surface area contributed by atoms with E-state index >= 15 is 0 Å². The Labute approximate surface area is 116 Å². The minimum absolute atomic E-state index is 0.0500. The summed E-state index contributed by atoms with van der Waals surface area (Å²) in [4.78, 5) is 13.8. The zero-order valence-electron chi connectivity index (χ0n) is 11.4. The molecule has 1 amide bonds. The Bertz CT molecular complexity index is 553. The van der Waals surface area contributed by atoms with Crippen molar-refractivity contribution in [1.82, 2.24) is 15.1 Å². The molecule has 2 aromatic rings. The number of hydrogen-bond donors (Lipinski definition) is 2. The second kappa shape index (κ2) is 5.71. The monoisotopic (exact) mass is 281 g/mol. The number of hydrogen-bond acceptors (Lipinski definition) is 4.